The van der Waals surface area contributed by atoms with Crippen LogP contribution in [0.5, 0.6) is 0 Å². The number of anilines is 2. The van der Waals surface area contributed by atoms with Crippen LogP contribution < -0.4 is 11.1 Å². The van der Waals surface area contributed by atoms with E-state index in [2.05, 4.69) is 15.6 Å². The maximum atomic E-state index is 13.2. The van der Waals surface area contributed by atoms with Gasteiger partial charge in [-0.2, -0.15) is 0 Å². The molecule has 1 heterocycles. The summed E-state index contributed by atoms with van der Waals surface area (Å²) in [5, 5.41) is 10.9. The van der Waals surface area contributed by atoms with Crippen LogP contribution in [0.4, 0.5) is 15.9 Å². The minimum absolute atomic E-state index is 0.00125. The molecule has 0 saturated carbocycles. The fraction of sp³-hybridized carbons (Fsp3) is 0.0625. The molecule has 1 amide bonds. The molecule has 0 saturated heterocycles. The van der Waals surface area contributed by atoms with Gasteiger partial charge in [0.1, 0.15) is 5.82 Å². The largest absolute Gasteiger partial charge is 0.382 e. The van der Waals surface area contributed by atoms with Crippen molar-refractivity contribution in [2.45, 2.75) is 6.54 Å². The van der Waals surface area contributed by atoms with E-state index in [1.54, 1.807) is 36.4 Å². The summed E-state index contributed by atoms with van der Waals surface area (Å²) < 4.78 is 14.6. The van der Waals surface area contributed by atoms with Gasteiger partial charge in [-0.15, -0.1) is 5.10 Å². The number of nitrogens with zero attached hydrogens (tertiary/aromatic N) is 3. The average molecular weight is 346 g/mol. The highest BCUT2D eigenvalue weighted by Crippen LogP contribution is 2.16. The Kier molecular flexibility index (Phi) is 4.43. The van der Waals surface area contributed by atoms with Crippen LogP contribution in [0.2, 0.25) is 5.02 Å². The molecule has 6 nitrogen and oxygen atoms in total. The molecule has 0 radical (unpaired) electrons. The van der Waals surface area contributed by atoms with E-state index in [0.717, 1.165) is 0 Å². The molecule has 0 spiro atoms. The van der Waals surface area contributed by atoms with Crippen molar-refractivity contribution in [3.63, 3.8) is 0 Å². The van der Waals surface area contributed by atoms with Crippen LogP contribution in [0.25, 0.3) is 0 Å². The van der Waals surface area contributed by atoms with Crippen molar-refractivity contribution < 1.29 is 9.18 Å². The first-order valence-corrected chi connectivity index (χ1v) is 7.41. The molecule has 0 aliphatic carbocycles. The Labute approximate surface area is 142 Å². The quantitative estimate of drug-likeness (QED) is 0.761. The van der Waals surface area contributed by atoms with Gasteiger partial charge in [-0.1, -0.05) is 28.9 Å². The Bertz CT molecular complexity index is 878. The number of amides is 1. The van der Waals surface area contributed by atoms with E-state index < -0.39 is 5.91 Å². The zero-order valence-corrected chi connectivity index (χ0v) is 13.2. The first-order valence-electron chi connectivity index (χ1n) is 7.03. The van der Waals surface area contributed by atoms with Crippen LogP contribution in [0.15, 0.2) is 48.5 Å². The molecule has 3 N–H and O–H groups in total. The van der Waals surface area contributed by atoms with Gasteiger partial charge in [-0.3, -0.25) is 4.79 Å². The summed E-state index contributed by atoms with van der Waals surface area (Å²) >= 11 is 5.80. The van der Waals surface area contributed by atoms with Crippen LogP contribution >= 0.6 is 11.6 Å². The van der Waals surface area contributed by atoms with Crippen LogP contribution in [0.3, 0.4) is 0 Å². The average Bonchev–Trinajstić information content (AvgIpc) is 2.91. The Morgan fingerprint density at radius 1 is 1.25 bits per heavy atom. The van der Waals surface area contributed by atoms with Gasteiger partial charge in [0.25, 0.3) is 5.91 Å². The van der Waals surface area contributed by atoms with Crippen molar-refractivity contribution in [2.75, 3.05) is 11.1 Å². The van der Waals surface area contributed by atoms with Gasteiger partial charge in [0.2, 0.25) is 0 Å². The zero-order chi connectivity index (χ0) is 17.1. The molecule has 122 valence electrons. The number of hydrogen-bond acceptors (Lipinski definition) is 4. The molecule has 3 rings (SSSR count). The highest BCUT2D eigenvalue weighted by molar-refractivity contribution is 6.30. The topological polar surface area (TPSA) is 85.8 Å². The van der Waals surface area contributed by atoms with Crippen molar-refractivity contribution in [1.82, 2.24) is 15.0 Å². The third-order valence-electron chi connectivity index (χ3n) is 3.31. The van der Waals surface area contributed by atoms with E-state index in [0.29, 0.717) is 16.3 Å². The number of rotatable bonds is 4. The number of carbonyl (C=O) groups is 1. The Hall–Kier alpha value is -2.93. The van der Waals surface area contributed by atoms with E-state index in [1.165, 1.54) is 16.8 Å². The second-order valence-electron chi connectivity index (χ2n) is 5.07. The van der Waals surface area contributed by atoms with Gasteiger partial charge in [-0.25, -0.2) is 9.07 Å². The molecule has 2 aromatic carbocycles. The molecule has 0 aliphatic rings. The zero-order valence-electron chi connectivity index (χ0n) is 12.4. The predicted octanol–water partition coefficient (Wildman–Crippen LogP) is 2.95. The number of nitrogens with two attached hydrogens (primary N) is 1. The molecule has 0 unspecified atom stereocenters. The minimum Gasteiger partial charge on any atom is -0.382 e. The van der Waals surface area contributed by atoms with Crippen molar-refractivity contribution in [1.29, 1.82) is 0 Å². The molecule has 8 heteroatoms. The van der Waals surface area contributed by atoms with Crippen LogP contribution in [-0.2, 0) is 6.54 Å². The fourth-order valence-electron chi connectivity index (χ4n) is 2.13. The van der Waals surface area contributed by atoms with Crippen LogP contribution in [0, 0.1) is 5.82 Å². The van der Waals surface area contributed by atoms with Gasteiger partial charge in [-0.05, 0) is 42.0 Å². The molecule has 0 aliphatic heterocycles. The predicted molar refractivity (Wildman–Crippen MR) is 89.3 cm³/mol. The summed E-state index contributed by atoms with van der Waals surface area (Å²) in [6.07, 6.45) is 0. The third-order valence-corrected chi connectivity index (χ3v) is 3.56. The summed E-state index contributed by atoms with van der Waals surface area (Å²) in [4.78, 5) is 12.2. The molecule has 1 aromatic heterocycles. The smallest absolute Gasteiger partial charge is 0.280 e. The van der Waals surface area contributed by atoms with Gasteiger partial charge in [0.15, 0.2) is 11.5 Å². The molecule has 24 heavy (non-hydrogen) atoms. The Balaban J connectivity index is 1.76. The third kappa shape index (κ3) is 3.52. The van der Waals surface area contributed by atoms with Crippen molar-refractivity contribution >= 4 is 29.0 Å². The number of halogens is 2. The second-order valence-corrected chi connectivity index (χ2v) is 5.51. The van der Waals surface area contributed by atoms with Gasteiger partial charge < -0.3 is 11.1 Å². The maximum Gasteiger partial charge on any atom is 0.280 e. The van der Waals surface area contributed by atoms with E-state index in [4.69, 9.17) is 17.3 Å². The number of carbonyl (C=O) groups excluding carboxylic acids is 1. The van der Waals surface area contributed by atoms with Crippen LogP contribution in [-0.4, -0.2) is 20.9 Å². The minimum atomic E-state index is -0.486. The van der Waals surface area contributed by atoms with E-state index in [-0.39, 0.29) is 23.9 Å². The second kappa shape index (κ2) is 6.67. The van der Waals surface area contributed by atoms with Crippen molar-refractivity contribution in [2.24, 2.45) is 0 Å². The summed E-state index contributed by atoms with van der Waals surface area (Å²) in [6, 6.07) is 12.7. The number of nitrogen functional groups attached to an aromatic ring is 1. The summed E-state index contributed by atoms with van der Waals surface area (Å²) in [5.74, 6) is -0.738. The molecule has 0 bridgehead atoms. The molecule has 0 fully saturated rings. The van der Waals surface area contributed by atoms with Crippen molar-refractivity contribution in [3.8, 4) is 0 Å². The summed E-state index contributed by atoms with van der Waals surface area (Å²) in [6.45, 7) is 0.213. The maximum absolute atomic E-state index is 13.2. The lowest BCUT2D eigenvalue weighted by Gasteiger charge is -2.05. The number of nitrogens with one attached hydrogen (secondary N) is 1. The Morgan fingerprint density at radius 3 is 2.71 bits per heavy atom. The molecular formula is C16H13ClFN5O. The van der Waals surface area contributed by atoms with E-state index in [1.807, 2.05) is 0 Å². The highest BCUT2D eigenvalue weighted by Gasteiger charge is 2.18. The SMILES string of the molecule is Nc1c(C(=O)Nc2ccc(Cl)cc2)nnn1Cc1cccc(F)c1. The van der Waals surface area contributed by atoms with Crippen LogP contribution in [0.1, 0.15) is 16.1 Å². The van der Waals surface area contributed by atoms with Crippen molar-refractivity contribution in [3.05, 3.63) is 70.6 Å². The van der Waals surface area contributed by atoms with Gasteiger partial charge in [0.05, 0.1) is 6.54 Å². The lowest BCUT2D eigenvalue weighted by molar-refractivity contribution is 0.102. The molecule has 3 aromatic rings. The first kappa shape index (κ1) is 15.9. The van der Waals surface area contributed by atoms with Gasteiger partial charge in [0, 0.05) is 10.7 Å². The lowest BCUT2D eigenvalue weighted by Crippen LogP contribution is -2.15. The summed E-state index contributed by atoms with van der Waals surface area (Å²) in [7, 11) is 0. The standard InChI is InChI=1S/C16H13ClFN5O/c17-11-4-6-13(7-5-11)20-16(24)14-15(19)23(22-21-14)9-10-2-1-3-12(18)8-10/h1-8H,9,19H2,(H,20,24). The monoisotopic (exact) mass is 345 g/mol. The first-order chi connectivity index (χ1) is 11.5. The van der Waals surface area contributed by atoms with Gasteiger partial charge >= 0.3 is 0 Å². The Morgan fingerprint density at radius 2 is 2.00 bits per heavy atom. The number of aromatic nitrogens is 3. The highest BCUT2D eigenvalue weighted by atomic mass is 35.5. The summed E-state index contributed by atoms with van der Waals surface area (Å²) in [5.41, 5.74) is 7.15. The normalized spacial score (nSPS) is 10.6. The van der Waals surface area contributed by atoms with E-state index >= 15 is 0 Å². The number of hydrogen-bond donors (Lipinski definition) is 2. The van der Waals surface area contributed by atoms with E-state index in [9.17, 15) is 9.18 Å². The number of benzene rings is 2. The molecular weight excluding hydrogens is 333 g/mol. The fourth-order valence-corrected chi connectivity index (χ4v) is 2.26. The lowest BCUT2D eigenvalue weighted by atomic mass is 10.2. The molecule has 0 atom stereocenters.